The van der Waals surface area contributed by atoms with Crippen LogP contribution in [0.1, 0.15) is 0 Å². The van der Waals surface area contributed by atoms with Gasteiger partial charge < -0.3 is 9.13 Å². The molecule has 12 rings (SSSR count). The van der Waals surface area contributed by atoms with Crippen LogP contribution >= 0.6 is 0 Å². The second-order valence-corrected chi connectivity index (χ2v) is 15.8. The van der Waals surface area contributed by atoms with Gasteiger partial charge in [0.15, 0.2) is 5.82 Å². The number of rotatable bonds is 7. The first-order chi connectivity index (χ1) is 30.7. The Hall–Kier alpha value is -8.34. The standard InChI is InChI=1S/C58H38N4/c1-4-15-40(16-5-1)52-38-53(60-58(59-52)42-17-6-2-7-18-42)41-29-27-39(28-30-41)44-31-33-51-49-24-11-13-26-55(49)62(57(51)36-44)47-22-14-19-43(35-47)45-32-34-50-48-23-10-12-25-54(48)61(56(50)37-45)46-20-8-3-9-21-46/h1-38H. The van der Waals surface area contributed by atoms with Gasteiger partial charge in [0.25, 0.3) is 0 Å². The third-order valence-electron chi connectivity index (χ3n) is 12.1. The molecule has 0 saturated heterocycles. The molecule has 0 bridgehead atoms. The van der Waals surface area contributed by atoms with E-state index in [1.54, 1.807) is 0 Å². The van der Waals surface area contributed by atoms with Gasteiger partial charge in [-0.05, 0) is 76.9 Å². The molecule has 4 heteroatoms. The van der Waals surface area contributed by atoms with Gasteiger partial charge in [0.05, 0.1) is 33.5 Å². The van der Waals surface area contributed by atoms with E-state index in [9.17, 15) is 0 Å². The molecule has 0 unspecified atom stereocenters. The van der Waals surface area contributed by atoms with Crippen LogP contribution in [0.3, 0.4) is 0 Å². The monoisotopic (exact) mass is 790 g/mol. The lowest BCUT2D eigenvalue weighted by Crippen LogP contribution is -1.96. The zero-order valence-electron chi connectivity index (χ0n) is 33.7. The predicted octanol–water partition coefficient (Wildman–Crippen LogP) is 15.0. The second kappa shape index (κ2) is 14.7. The zero-order valence-corrected chi connectivity index (χ0v) is 33.7. The summed E-state index contributed by atoms with van der Waals surface area (Å²) < 4.78 is 4.80. The average molecular weight is 791 g/mol. The van der Waals surface area contributed by atoms with Crippen molar-refractivity contribution >= 4 is 43.6 Å². The van der Waals surface area contributed by atoms with Gasteiger partial charge in [-0.25, -0.2) is 9.97 Å². The van der Waals surface area contributed by atoms with Gasteiger partial charge in [0, 0.05) is 49.6 Å². The lowest BCUT2D eigenvalue weighted by Gasteiger charge is -2.12. The third-order valence-corrected chi connectivity index (χ3v) is 12.1. The Balaban J connectivity index is 0.946. The summed E-state index contributed by atoms with van der Waals surface area (Å²) in [5.41, 5.74) is 16.6. The highest BCUT2D eigenvalue weighted by Crippen LogP contribution is 2.39. The average Bonchev–Trinajstić information content (AvgIpc) is 3.87. The minimum Gasteiger partial charge on any atom is -0.309 e. The Kier molecular flexibility index (Phi) is 8.46. The Morgan fingerprint density at radius 3 is 1.26 bits per heavy atom. The number of fused-ring (bicyclic) bond motifs is 6. The van der Waals surface area contributed by atoms with Crippen molar-refractivity contribution in [1.82, 2.24) is 19.1 Å². The Morgan fingerprint density at radius 2 is 0.645 bits per heavy atom. The smallest absolute Gasteiger partial charge is 0.160 e. The predicted molar refractivity (Wildman–Crippen MR) is 258 cm³/mol. The van der Waals surface area contributed by atoms with Crippen LogP contribution in [0.2, 0.25) is 0 Å². The first kappa shape index (κ1) is 35.6. The molecule has 62 heavy (non-hydrogen) atoms. The maximum Gasteiger partial charge on any atom is 0.160 e. The zero-order chi connectivity index (χ0) is 41.0. The molecule has 0 aliphatic carbocycles. The van der Waals surface area contributed by atoms with Crippen molar-refractivity contribution in [3.05, 3.63) is 231 Å². The number of para-hydroxylation sites is 3. The summed E-state index contributed by atoms with van der Waals surface area (Å²) in [7, 11) is 0. The molecular weight excluding hydrogens is 753 g/mol. The molecule has 4 nitrogen and oxygen atoms in total. The fourth-order valence-corrected chi connectivity index (χ4v) is 9.16. The van der Waals surface area contributed by atoms with Gasteiger partial charge in [-0.15, -0.1) is 0 Å². The summed E-state index contributed by atoms with van der Waals surface area (Å²) in [6, 6.07) is 82.2. The molecule has 9 aromatic carbocycles. The minimum absolute atomic E-state index is 0.712. The molecular formula is C58H38N4. The molecule has 0 fully saturated rings. The summed E-state index contributed by atoms with van der Waals surface area (Å²) in [6.45, 7) is 0. The lowest BCUT2D eigenvalue weighted by atomic mass is 10.0. The highest BCUT2D eigenvalue weighted by Gasteiger charge is 2.17. The highest BCUT2D eigenvalue weighted by molar-refractivity contribution is 6.11. The molecule has 0 atom stereocenters. The Labute approximate surface area is 359 Å². The van der Waals surface area contributed by atoms with E-state index in [0.29, 0.717) is 5.82 Å². The number of hydrogen-bond donors (Lipinski definition) is 0. The van der Waals surface area contributed by atoms with E-state index in [1.165, 1.54) is 54.7 Å². The summed E-state index contributed by atoms with van der Waals surface area (Å²) in [5.74, 6) is 0.712. The molecule has 3 heterocycles. The van der Waals surface area contributed by atoms with E-state index in [0.717, 1.165) is 50.6 Å². The lowest BCUT2D eigenvalue weighted by molar-refractivity contribution is 1.18. The topological polar surface area (TPSA) is 35.6 Å². The Morgan fingerprint density at radius 1 is 0.242 bits per heavy atom. The van der Waals surface area contributed by atoms with Crippen LogP contribution in [-0.2, 0) is 0 Å². The quantitative estimate of drug-likeness (QED) is 0.161. The molecule has 3 aromatic heterocycles. The van der Waals surface area contributed by atoms with Gasteiger partial charge >= 0.3 is 0 Å². The van der Waals surface area contributed by atoms with E-state index in [2.05, 4.69) is 203 Å². The molecule has 0 N–H and O–H groups in total. The van der Waals surface area contributed by atoms with E-state index in [-0.39, 0.29) is 0 Å². The first-order valence-corrected chi connectivity index (χ1v) is 21.1. The fourth-order valence-electron chi connectivity index (χ4n) is 9.16. The molecule has 0 amide bonds. The summed E-state index contributed by atoms with van der Waals surface area (Å²) in [6.07, 6.45) is 0. The van der Waals surface area contributed by atoms with Crippen molar-refractivity contribution in [2.24, 2.45) is 0 Å². The molecule has 0 spiro atoms. The minimum atomic E-state index is 0.712. The van der Waals surface area contributed by atoms with E-state index in [4.69, 9.17) is 9.97 Å². The second-order valence-electron chi connectivity index (χ2n) is 15.8. The number of benzene rings is 9. The van der Waals surface area contributed by atoms with Crippen molar-refractivity contribution in [2.45, 2.75) is 0 Å². The molecule has 12 aromatic rings. The van der Waals surface area contributed by atoms with Gasteiger partial charge in [0.1, 0.15) is 0 Å². The largest absolute Gasteiger partial charge is 0.309 e. The van der Waals surface area contributed by atoms with Crippen LogP contribution in [0.25, 0.3) is 111 Å². The van der Waals surface area contributed by atoms with Crippen LogP contribution < -0.4 is 0 Å². The third kappa shape index (κ3) is 6.08. The molecule has 0 aliphatic heterocycles. The van der Waals surface area contributed by atoms with Gasteiger partial charge in [-0.3, -0.25) is 0 Å². The summed E-state index contributed by atoms with van der Waals surface area (Å²) in [4.78, 5) is 10.1. The van der Waals surface area contributed by atoms with Gasteiger partial charge in [0.2, 0.25) is 0 Å². The van der Waals surface area contributed by atoms with E-state index in [1.807, 2.05) is 36.4 Å². The molecule has 0 saturated carbocycles. The maximum atomic E-state index is 5.07. The van der Waals surface area contributed by atoms with Gasteiger partial charge in [-0.2, -0.15) is 0 Å². The Bertz CT molecular complexity index is 3550. The van der Waals surface area contributed by atoms with Crippen molar-refractivity contribution in [2.75, 3.05) is 0 Å². The van der Waals surface area contributed by atoms with Crippen molar-refractivity contribution in [3.8, 4) is 67.5 Å². The van der Waals surface area contributed by atoms with E-state index >= 15 is 0 Å². The number of nitrogens with zero attached hydrogens (tertiary/aromatic N) is 4. The van der Waals surface area contributed by atoms with Crippen molar-refractivity contribution < 1.29 is 0 Å². The summed E-state index contributed by atoms with van der Waals surface area (Å²) in [5, 5.41) is 4.96. The van der Waals surface area contributed by atoms with Crippen molar-refractivity contribution in [3.63, 3.8) is 0 Å². The highest BCUT2D eigenvalue weighted by atomic mass is 15.0. The SMILES string of the molecule is c1ccc(-c2cc(-c3ccc(-c4ccc5c6ccccc6n(-c6cccc(-c7ccc8c9ccccc9n(-c9ccccc9)c8c7)c6)c5c4)cc3)nc(-c3ccccc3)n2)cc1. The van der Waals surface area contributed by atoms with Crippen LogP contribution in [0.5, 0.6) is 0 Å². The fraction of sp³-hybridized carbons (Fsp3) is 0. The number of hydrogen-bond acceptors (Lipinski definition) is 2. The van der Waals surface area contributed by atoms with Crippen molar-refractivity contribution in [1.29, 1.82) is 0 Å². The number of aromatic nitrogens is 4. The van der Waals surface area contributed by atoms with E-state index < -0.39 is 0 Å². The van der Waals surface area contributed by atoms with Gasteiger partial charge in [-0.1, -0.05) is 176 Å². The maximum absolute atomic E-state index is 5.07. The normalized spacial score (nSPS) is 11.5. The van der Waals surface area contributed by atoms with Crippen LogP contribution in [0.4, 0.5) is 0 Å². The molecule has 0 radical (unpaired) electrons. The first-order valence-electron chi connectivity index (χ1n) is 21.1. The van der Waals surface area contributed by atoms with Crippen LogP contribution in [0.15, 0.2) is 231 Å². The molecule has 290 valence electrons. The van der Waals surface area contributed by atoms with Crippen LogP contribution in [-0.4, -0.2) is 19.1 Å². The molecule has 0 aliphatic rings. The summed E-state index contributed by atoms with van der Waals surface area (Å²) >= 11 is 0. The van der Waals surface area contributed by atoms with Crippen LogP contribution in [0, 0.1) is 0 Å².